The molecule has 1 N–H and O–H groups in total. The molecule has 0 fully saturated rings. The van der Waals surface area contributed by atoms with Crippen LogP contribution in [0.15, 0.2) is 51.9 Å². The van der Waals surface area contributed by atoms with Crippen molar-refractivity contribution in [2.45, 2.75) is 6.54 Å². The summed E-state index contributed by atoms with van der Waals surface area (Å²) in [6.45, 7) is 0.242. The van der Waals surface area contributed by atoms with Crippen LogP contribution in [0.25, 0.3) is 15.8 Å². The van der Waals surface area contributed by atoms with E-state index < -0.39 is 10.5 Å². The lowest BCUT2D eigenvalue weighted by molar-refractivity contribution is -0.382. The second-order valence-electron chi connectivity index (χ2n) is 5.87. The third-order valence-electron chi connectivity index (χ3n) is 3.92. The number of non-ortho nitro benzene ring substituents is 1. The van der Waals surface area contributed by atoms with Crippen molar-refractivity contribution in [3.05, 3.63) is 78.3 Å². The number of nitrogens with zero attached hydrogens (tertiary/aromatic N) is 5. The average Bonchev–Trinajstić information content (AvgIpc) is 3.16. The topological polar surface area (TPSA) is 116 Å². The smallest absolute Gasteiger partial charge is 0.288 e. The molecular weight excluding hydrogens is 484 g/mol. The molecular formula is C17H10BrClN6O3S. The molecule has 0 saturated heterocycles. The Morgan fingerprint density at radius 3 is 2.76 bits per heavy atom. The number of nitro benzene ring substituents is 1. The van der Waals surface area contributed by atoms with E-state index in [1.165, 1.54) is 12.1 Å². The Labute approximate surface area is 180 Å². The van der Waals surface area contributed by atoms with E-state index in [9.17, 15) is 14.9 Å². The van der Waals surface area contributed by atoms with E-state index in [1.807, 2.05) is 12.1 Å². The zero-order chi connectivity index (χ0) is 20.5. The van der Waals surface area contributed by atoms with Crippen molar-refractivity contribution in [3.63, 3.8) is 0 Å². The first-order chi connectivity index (χ1) is 13.9. The lowest BCUT2D eigenvalue weighted by Gasteiger charge is -2.04. The molecule has 9 nitrogen and oxygen atoms in total. The van der Waals surface area contributed by atoms with Crippen LogP contribution in [0.5, 0.6) is 0 Å². The SMILES string of the molecule is O=c1nc(NCc2cn(-c3ccc(Cl)cc3)nn2)sc2c([N+](=O)[O-])cc(Br)cc12. The van der Waals surface area contributed by atoms with Crippen molar-refractivity contribution in [1.29, 1.82) is 0 Å². The van der Waals surface area contributed by atoms with Gasteiger partial charge in [-0.1, -0.05) is 44.1 Å². The van der Waals surface area contributed by atoms with Gasteiger partial charge in [-0.05, 0) is 30.3 Å². The van der Waals surface area contributed by atoms with Crippen molar-refractivity contribution in [3.8, 4) is 5.69 Å². The molecule has 0 radical (unpaired) electrons. The van der Waals surface area contributed by atoms with Crippen LogP contribution >= 0.6 is 38.9 Å². The van der Waals surface area contributed by atoms with Gasteiger partial charge in [0.2, 0.25) is 0 Å². The number of aromatic nitrogens is 4. The summed E-state index contributed by atoms with van der Waals surface area (Å²) in [5.74, 6) is 0. The first-order valence-electron chi connectivity index (χ1n) is 8.10. The molecule has 0 aliphatic rings. The summed E-state index contributed by atoms with van der Waals surface area (Å²) in [7, 11) is 0. The second kappa shape index (κ2) is 7.85. The fraction of sp³-hybridized carbons (Fsp3) is 0.0588. The quantitative estimate of drug-likeness (QED) is 0.327. The van der Waals surface area contributed by atoms with Crippen LogP contribution in [0.4, 0.5) is 10.8 Å². The Hall–Kier alpha value is -2.89. The zero-order valence-corrected chi connectivity index (χ0v) is 17.5. The van der Waals surface area contributed by atoms with Crippen LogP contribution in [0.2, 0.25) is 5.02 Å². The minimum absolute atomic E-state index is 0.157. The third-order valence-corrected chi connectivity index (χ3v) is 5.69. The van der Waals surface area contributed by atoms with Gasteiger partial charge in [0.05, 0.1) is 28.7 Å². The van der Waals surface area contributed by atoms with Gasteiger partial charge in [0.15, 0.2) is 5.13 Å². The fourth-order valence-corrected chi connectivity index (χ4v) is 4.13. The summed E-state index contributed by atoms with van der Waals surface area (Å²) in [5, 5.41) is 23.5. The standard InChI is InChI=1S/C17H10BrClN6O3S/c18-9-5-13-15(14(6-9)25(27)28)29-17(21-16(13)26)20-7-11-8-24(23-22-11)12-3-1-10(19)2-4-12/h1-6,8H,7H2,(H,20,21,26). The molecule has 0 bridgehead atoms. The highest BCUT2D eigenvalue weighted by atomic mass is 79.9. The zero-order valence-electron chi connectivity index (χ0n) is 14.4. The van der Waals surface area contributed by atoms with Gasteiger partial charge in [-0.15, -0.1) is 5.10 Å². The van der Waals surface area contributed by atoms with E-state index in [0.717, 1.165) is 17.0 Å². The Bertz CT molecular complexity index is 1290. The Morgan fingerprint density at radius 2 is 2.03 bits per heavy atom. The molecule has 0 spiro atoms. The number of anilines is 1. The number of nitrogens with one attached hydrogen (secondary N) is 1. The molecule has 0 unspecified atom stereocenters. The first kappa shape index (κ1) is 19.4. The van der Waals surface area contributed by atoms with Gasteiger partial charge in [0.25, 0.3) is 11.2 Å². The van der Waals surface area contributed by atoms with Gasteiger partial charge in [-0.2, -0.15) is 4.98 Å². The lowest BCUT2D eigenvalue weighted by atomic mass is 10.2. The fourth-order valence-electron chi connectivity index (χ4n) is 2.59. The summed E-state index contributed by atoms with van der Waals surface area (Å²) in [6.07, 6.45) is 1.72. The van der Waals surface area contributed by atoms with Crippen LogP contribution in [0.1, 0.15) is 5.69 Å². The van der Waals surface area contributed by atoms with Gasteiger partial charge in [-0.25, -0.2) is 4.68 Å². The number of hydrogen-bond acceptors (Lipinski definition) is 8. The maximum absolute atomic E-state index is 12.3. The Balaban J connectivity index is 1.60. The molecule has 0 aliphatic carbocycles. The highest BCUT2D eigenvalue weighted by molar-refractivity contribution is 9.10. The number of benzene rings is 2. The van der Waals surface area contributed by atoms with Gasteiger partial charge in [-0.3, -0.25) is 14.9 Å². The molecule has 146 valence electrons. The average molecular weight is 494 g/mol. The predicted octanol–water partition coefficient (Wildman–Crippen LogP) is 4.17. The van der Waals surface area contributed by atoms with Crippen LogP contribution in [-0.4, -0.2) is 24.9 Å². The molecule has 0 amide bonds. The molecule has 2 heterocycles. The molecule has 12 heteroatoms. The number of halogens is 2. The lowest BCUT2D eigenvalue weighted by Crippen LogP contribution is -2.10. The third kappa shape index (κ3) is 4.11. The maximum atomic E-state index is 12.3. The van der Waals surface area contributed by atoms with E-state index in [4.69, 9.17) is 11.6 Å². The number of rotatable bonds is 5. The Morgan fingerprint density at radius 1 is 1.28 bits per heavy atom. The van der Waals surface area contributed by atoms with Crippen molar-refractivity contribution in [2.75, 3.05) is 5.32 Å². The first-order valence-corrected chi connectivity index (χ1v) is 10.1. The highest BCUT2D eigenvalue weighted by Crippen LogP contribution is 2.33. The molecule has 0 atom stereocenters. The summed E-state index contributed by atoms with van der Waals surface area (Å²) < 4.78 is 2.29. The largest absolute Gasteiger partial charge is 0.356 e. The highest BCUT2D eigenvalue weighted by Gasteiger charge is 2.18. The summed E-state index contributed by atoms with van der Waals surface area (Å²) in [6, 6.07) is 10.00. The summed E-state index contributed by atoms with van der Waals surface area (Å²) in [5.41, 5.74) is 0.695. The molecule has 2 aromatic carbocycles. The van der Waals surface area contributed by atoms with E-state index in [1.54, 1.807) is 23.0 Å². The maximum Gasteiger partial charge on any atom is 0.288 e. The summed E-state index contributed by atoms with van der Waals surface area (Å²) >= 11 is 10.1. The minimum atomic E-state index is -0.546. The molecule has 4 aromatic rings. The van der Waals surface area contributed by atoms with Crippen LogP contribution in [0, 0.1) is 10.1 Å². The molecule has 29 heavy (non-hydrogen) atoms. The van der Waals surface area contributed by atoms with Crippen LogP contribution < -0.4 is 10.9 Å². The summed E-state index contributed by atoms with van der Waals surface area (Å²) in [4.78, 5) is 27.1. The van der Waals surface area contributed by atoms with Crippen LogP contribution in [0.3, 0.4) is 0 Å². The molecule has 2 aromatic heterocycles. The van der Waals surface area contributed by atoms with E-state index in [0.29, 0.717) is 15.2 Å². The number of fused-ring (bicyclic) bond motifs is 1. The van der Waals surface area contributed by atoms with E-state index >= 15 is 0 Å². The minimum Gasteiger partial charge on any atom is -0.356 e. The van der Waals surface area contributed by atoms with Crippen molar-refractivity contribution < 1.29 is 4.92 Å². The van der Waals surface area contributed by atoms with Gasteiger partial charge in [0.1, 0.15) is 10.4 Å². The molecule has 4 rings (SSSR count). The van der Waals surface area contributed by atoms with Gasteiger partial charge >= 0.3 is 0 Å². The van der Waals surface area contributed by atoms with Crippen molar-refractivity contribution >= 4 is 59.8 Å². The predicted molar refractivity (Wildman–Crippen MR) is 114 cm³/mol. The molecule has 0 saturated carbocycles. The second-order valence-corrected chi connectivity index (χ2v) is 8.22. The number of nitro groups is 1. The normalized spacial score (nSPS) is 11.0. The van der Waals surface area contributed by atoms with Crippen molar-refractivity contribution in [1.82, 2.24) is 20.0 Å². The monoisotopic (exact) mass is 492 g/mol. The van der Waals surface area contributed by atoms with E-state index in [-0.39, 0.29) is 27.4 Å². The number of hydrogen-bond donors (Lipinski definition) is 1. The molecule has 0 aliphatic heterocycles. The van der Waals surface area contributed by atoms with Gasteiger partial charge in [0, 0.05) is 15.6 Å². The van der Waals surface area contributed by atoms with E-state index in [2.05, 4.69) is 36.5 Å². The van der Waals surface area contributed by atoms with Gasteiger partial charge < -0.3 is 5.32 Å². The van der Waals surface area contributed by atoms with Crippen molar-refractivity contribution in [2.24, 2.45) is 0 Å². The Kier molecular flexibility index (Phi) is 5.26. The van der Waals surface area contributed by atoms with Crippen LogP contribution in [-0.2, 0) is 6.54 Å².